The first kappa shape index (κ1) is 10.5. The number of rotatable bonds is 2. The van der Waals surface area contributed by atoms with E-state index in [-0.39, 0.29) is 0 Å². The Bertz CT molecular complexity index is 324. The molecule has 15 heavy (non-hydrogen) atoms. The maximum atomic E-state index is 5.77. The van der Waals surface area contributed by atoms with E-state index in [0.29, 0.717) is 11.8 Å². The van der Waals surface area contributed by atoms with Gasteiger partial charge in [-0.2, -0.15) is 0 Å². The highest BCUT2D eigenvalue weighted by molar-refractivity contribution is 5.37. The summed E-state index contributed by atoms with van der Waals surface area (Å²) < 4.78 is 5.73. The second-order valence-corrected chi connectivity index (χ2v) is 4.35. The molecule has 2 nitrogen and oxygen atoms in total. The predicted octanol–water partition coefficient (Wildman–Crippen LogP) is 2.54. The van der Waals surface area contributed by atoms with Gasteiger partial charge in [-0.1, -0.05) is 25.1 Å². The summed E-state index contributed by atoms with van der Waals surface area (Å²) in [7, 11) is 0. The van der Waals surface area contributed by atoms with Crippen LogP contribution in [0.2, 0.25) is 0 Å². The summed E-state index contributed by atoms with van der Waals surface area (Å²) in [6.07, 6.45) is 2.32. The van der Waals surface area contributed by atoms with Crippen molar-refractivity contribution in [2.45, 2.75) is 25.7 Å². The summed E-state index contributed by atoms with van der Waals surface area (Å²) in [5.41, 5.74) is 7.11. The maximum absolute atomic E-state index is 5.77. The summed E-state index contributed by atoms with van der Waals surface area (Å²) in [4.78, 5) is 0. The molecule has 1 heterocycles. The van der Waals surface area contributed by atoms with Crippen LogP contribution in [0.1, 0.15) is 31.2 Å². The molecule has 0 fully saturated rings. The van der Waals surface area contributed by atoms with Gasteiger partial charge in [-0.05, 0) is 42.9 Å². The number of benzene rings is 1. The molecule has 2 atom stereocenters. The van der Waals surface area contributed by atoms with Crippen LogP contribution in [0.15, 0.2) is 24.3 Å². The Morgan fingerprint density at radius 2 is 2.27 bits per heavy atom. The van der Waals surface area contributed by atoms with Crippen LogP contribution in [-0.2, 0) is 0 Å². The Kier molecular flexibility index (Phi) is 3.27. The molecule has 0 aromatic heterocycles. The lowest BCUT2D eigenvalue weighted by Crippen LogP contribution is -2.18. The zero-order valence-electron chi connectivity index (χ0n) is 9.28. The summed E-state index contributed by atoms with van der Waals surface area (Å²) in [6.45, 7) is 3.82. The van der Waals surface area contributed by atoms with Crippen molar-refractivity contribution < 1.29 is 4.74 Å². The molecule has 2 heteroatoms. The van der Waals surface area contributed by atoms with Crippen molar-refractivity contribution in [3.05, 3.63) is 29.8 Å². The lowest BCUT2D eigenvalue weighted by molar-refractivity contribution is 0.314. The van der Waals surface area contributed by atoms with Crippen molar-refractivity contribution in [1.82, 2.24) is 0 Å². The number of hydrogen-bond donors (Lipinski definition) is 1. The Morgan fingerprint density at radius 1 is 1.47 bits per heavy atom. The van der Waals surface area contributed by atoms with Crippen LogP contribution in [0.25, 0.3) is 0 Å². The average Bonchev–Trinajstić information content (AvgIpc) is 2.50. The normalized spacial score (nSPS) is 22.4. The monoisotopic (exact) mass is 205 g/mol. The van der Waals surface area contributed by atoms with Gasteiger partial charge in [0.25, 0.3) is 0 Å². The Labute approximate surface area is 91.4 Å². The third-order valence-electron chi connectivity index (χ3n) is 3.29. The molecular weight excluding hydrogens is 186 g/mol. The third kappa shape index (κ3) is 2.15. The third-order valence-corrected chi connectivity index (χ3v) is 3.29. The maximum Gasteiger partial charge on any atom is 0.122 e. The summed E-state index contributed by atoms with van der Waals surface area (Å²) in [6, 6.07) is 8.37. The summed E-state index contributed by atoms with van der Waals surface area (Å²) in [5.74, 6) is 2.15. The van der Waals surface area contributed by atoms with E-state index in [1.165, 1.54) is 12.0 Å². The van der Waals surface area contributed by atoms with Crippen molar-refractivity contribution in [3.8, 4) is 5.75 Å². The molecule has 0 bridgehead atoms. The molecular formula is C13H19NO. The topological polar surface area (TPSA) is 35.2 Å². The van der Waals surface area contributed by atoms with Gasteiger partial charge >= 0.3 is 0 Å². The minimum absolute atomic E-state index is 0.535. The van der Waals surface area contributed by atoms with Gasteiger partial charge in [0.1, 0.15) is 5.75 Å². The van der Waals surface area contributed by atoms with Crippen molar-refractivity contribution in [2.75, 3.05) is 13.2 Å². The lowest BCUT2D eigenvalue weighted by Gasteiger charge is -2.22. The van der Waals surface area contributed by atoms with Gasteiger partial charge in [0, 0.05) is 0 Å². The molecule has 2 unspecified atom stereocenters. The van der Waals surface area contributed by atoms with E-state index in [4.69, 9.17) is 10.5 Å². The van der Waals surface area contributed by atoms with E-state index in [9.17, 15) is 0 Å². The SMILES string of the molecule is CC(CN)C1CCCOc2ccccc21. The van der Waals surface area contributed by atoms with Gasteiger partial charge in [0.2, 0.25) is 0 Å². The zero-order valence-corrected chi connectivity index (χ0v) is 9.28. The van der Waals surface area contributed by atoms with Crippen molar-refractivity contribution >= 4 is 0 Å². The van der Waals surface area contributed by atoms with Crippen molar-refractivity contribution in [1.29, 1.82) is 0 Å². The molecule has 2 N–H and O–H groups in total. The lowest BCUT2D eigenvalue weighted by atomic mass is 9.84. The number of nitrogens with two attached hydrogens (primary N) is 1. The van der Waals surface area contributed by atoms with Crippen LogP contribution in [0.3, 0.4) is 0 Å². The predicted molar refractivity (Wildman–Crippen MR) is 62.1 cm³/mol. The van der Waals surface area contributed by atoms with Crippen LogP contribution in [0.4, 0.5) is 0 Å². The second kappa shape index (κ2) is 4.67. The second-order valence-electron chi connectivity index (χ2n) is 4.35. The van der Waals surface area contributed by atoms with E-state index >= 15 is 0 Å². The largest absolute Gasteiger partial charge is 0.493 e. The number of hydrogen-bond acceptors (Lipinski definition) is 2. The van der Waals surface area contributed by atoms with E-state index in [1.807, 2.05) is 6.07 Å². The van der Waals surface area contributed by atoms with Crippen LogP contribution in [-0.4, -0.2) is 13.2 Å². The van der Waals surface area contributed by atoms with Crippen LogP contribution >= 0.6 is 0 Å². The molecule has 0 aliphatic carbocycles. The van der Waals surface area contributed by atoms with Crippen molar-refractivity contribution in [2.24, 2.45) is 11.7 Å². The highest BCUT2D eigenvalue weighted by atomic mass is 16.5. The van der Waals surface area contributed by atoms with Crippen LogP contribution in [0.5, 0.6) is 5.75 Å². The molecule has 1 aromatic carbocycles. The molecule has 1 aliphatic rings. The number of ether oxygens (including phenoxy) is 1. The summed E-state index contributed by atoms with van der Waals surface area (Å²) in [5, 5.41) is 0. The first-order valence-corrected chi connectivity index (χ1v) is 5.74. The van der Waals surface area contributed by atoms with Crippen LogP contribution < -0.4 is 10.5 Å². The van der Waals surface area contributed by atoms with Gasteiger partial charge in [0.15, 0.2) is 0 Å². The van der Waals surface area contributed by atoms with Gasteiger partial charge in [-0.3, -0.25) is 0 Å². The minimum Gasteiger partial charge on any atom is -0.493 e. The van der Waals surface area contributed by atoms with Gasteiger partial charge in [-0.25, -0.2) is 0 Å². The fourth-order valence-corrected chi connectivity index (χ4v) is 2.31. The molecule has 0 radical (unpaired) electrons. The van der Waals surface area contributed by atoms with E-state index in [1.54, 1.807) is 0 Å². The van der Waals surface area contributed by atoms with E-state index in [2.05, 4.69) is 25.1 Å². The molecule has 82 valence electrons. The quantitative estimate of drug-likeness (QED) is 0.805. The highest BCUT2D eigenvalue weighted by Crippen LogP contribution is 2.37. The van der Waals surface area contributed by atoms with Gasteiger partial charge < -0.3 is 10.5 Å². The van der Waals surface area contributed by atoms with E-state index < -0.39 is 0 Å². The Morgan fingerprint density at radius 3 is 3.07 bits per heavy atom. The Hall–Kier alpha value is -1.02. The smallest absolute Gasteiger partial charge is 0.122 e. The molecule has 0 saturated heterocycles. The zero-order chi connectivity index (χ0) is 10.7. The molecule has 1 aromatic rings. The van der Waals surface area contributed by atoms with Gasteiger partial charge in [0.05, 0.1) is 6.61 Å². The minimum atomic E-state index is 0.535. The first-order chi connectivity index (χ1) is 7.33. The fraction of sp³-hybridized carbons (Fsp3) is 0.538. The Balaban J connectivity index is 2.32. The highest BCUT2D eigenvalue weighted by Gasteiger charge is 2.23. The summed E-state index contributed by atoms with van der Waals surface area (Å²) >= 11 is 0. The molecule has 0 saturated carbocycles. The van der Waals surface area contributed by atoms with E-state index in [0.717, 1.165) is 25.3 Å². The molecule has 1 aliphatic heterocycles. The van der Waals surface area contributed by atoms with Crippen LogP contribution in [0, 0.1) is 5.92 Å². The number of para-hydroxylation sites is 1. The molecule has 0 amide bonds. The molecule has 2 rings (SSSR count). The average molecular weight is 205 g/mol. The van der Waals surface area contributed by atoms with Crippen molar-refractivity contribution in [3.63, 3.8) is 0 Å². The fourth-order valence-electron chi connectivity index (χ4n) is 2.31. The van der Waals surface area contributed by atoms with Gasteiger partial charge in [-0.15, -0.1) is 0 Å². The molecule has 0 spiro atoms. The first-order valence-electron chi connectivity index (χ1n) is 5.74. The number of fused-ring (bicyclic) bond motifs is 1. The standard InChI is InChI=1S/C13H19NO/c1-10(9-14)11-6-4-8-15-13-7-3-2-5-12(11)13/h2-3,5,7,10-11H,4,6,8-9,14H2,1H3.